The van der Waals surface area contributed by atoms with E-state index in [0.29, 0.717) is 5.69 Å². The van der Waals surface area contributed by atoms with Gasteiger partial charge in [-0.1, -0.05) is 243 Å². The lowest BCUT2D eigenvalue weighted by Crippen LogP contribution is -2.65. The number of rotatable bonds is 35. The van der Waals surface area contributed by atoms with E-state index in [1.165, 1.54) is 7.11 Å². The number of esters is 3. The molecule has 3 aliphatic heterocycles. The first-order valence-electron chi connectivity index (χ1n) is 36.2. The fourth-order valence-corrected chi connectivity index (χ4v) is 13.1. The zero-order chi connectivity index (χ0) is 73.9. The van der Waals surface area contributed by atoms with E-state index < -0.39 is 123 Å². The highest BCUT2D eigenvalue weighted by atomic mass is 16.8. The number of pyridine rings is 1. The quantitative estimate of drug-likeness (QED) is 0.0267. The number of hydrogen-bond donors (Lipinski definition) is 0. The molecule has 0 aliphatic carbocycles. The lowest BCUT2D eigenvalue weighted by atomic mass is 9.96. The molecule has 1 aromatic heterocycles. The molecule has 0 saturated carbocycles. The molecule has 0 bridgehead atoms. The normalized spacial score (nSPS) is 24.1. The van der Waals surface area contributed by atoms with Crippen molar-refractivity contribution in [2.24, 2.45) is 0 Å². The molecule has 20 heteroatoms. The highest BCUT2D eigenvalue weighted by molar-refractivity contribution is 5.91. The molecule has 3 saturated heterocycles. The number of carbonyl (C=O) groups is 3. The summed E-state index contributed by atoms with van der Waals surface area (Å²) < 4.78 is 110. The second-order valence-corrected chi connectivity index (χ2v) is 26.1. The summed E-state index contributed by atoms with van der Waals surface area (Å²) in [6.45, 7) is -0.107. The molecule has 0 radical (unpaired) electrons. The lowest BCUT2D eigenvalue weighted by Gasteiger charge is -2.48. The van der Waals surface area contributed by atoms with E-state index in [1.54, 1.807) is 97.2 Å². The number of nitrogens with zero attached hydrogens (tertiary/aromatic N) is 1. The Hall–Kier alpha value is -9.98. The second-order valence-electron chi connectivity index (χ2n) is 26.1. The molecule has 0 amide bonds. The van der Waals surface area contributed by atoms with Crippen LogP contribution in [0.1, 0.15) is 70.1 Å². The van der Waals surface area contributed by atoms with Gasteiger partial charge in [-0.25, -0.2) is 14.4 Å². The number of ether oxygens (including phenoxy) is 16. The third-order valence-electron chi connectivity index (χ3n) is 18.6. The average Bonchev–Trinajstić information content (AvgIpc) is 0.772. The number of aromatic nitrogens is 1. The molecule has 3 aliphatic rings. The van der Waals surface area contributed by atoms with Gasteiger partial charge in [-0.2, -0.15) is 0 Å². The van der Waals surface area contributed by atoms with E-state index in [-0.39, 0.29) is 69.5 Å². The molecular weight excluding hydrogens is 1370 g/mol. The first-order valence-corrected chi connectivity index (χ1v) is 36.2. The fourth-order valence-electron chi connectivity index (χ4n) is 13.1. The predicted octanol–water partition coefficient (Wildman–Crippen LogP) is 13.6. The molecule has 108 heavy (non-hydrogen) atoms. The van der Waals surface area contributed by atoms with Crippen LogP contribution in [0.2, 0.25) is 0 Å². The van der Waals surface area contributed by atoms with Gasteiger partial charge in [0.05, 0.1) is 88.5 Å². The predicted molar refractivity (Wildman–Crippen MR) is 396 cm³/mol. The fraction of sp³-hybridized carbons (Fsp3) is 0.295. The highest BCUT2D eigenvalue weighted by Gasteiger charge is 2.57. The molecular formula is C88H87NO19. The van der Waals surface area contributed by atoms with Crippen LogP contribution in [0.25, 0.3) is 0 Å². The van der Waals surface area contributed by atoms with Gasteiger partial charge in [0, 0.05) is 13.3 Å². The number of benzene rings is 9. The van der Waals surface area contributed by atoms with Gasteiger partial charge >= 0.3 is 17.9 Å². The summed E-state index contributed by atoms with van der Waals surface area (Å²) in [5.41, 5.74) is 6.27. The standard InChI is InChI=1S/C88H87NO19/c1-93-86-80(99-56-66-41-21-7-22-42-66)77(97-54-64-37-17-5-18-38-64)75(96-53-63-35-15-4-16-36-63)72(103-86)59-102-88-82(108-85(92)69-47-27-10-28-48-69)79(107-84(91)68-45-25-9-26-46-68)76(106-83(90)67-43-23-8-24-44-67)73(105-88)60-101-87-81(100-57-70-49-29-30-50-89-70)78(98-55-65-39-19-6-20-40-65)74(95-52-62-33-13-3-14-34-62)71(104-87)58-94-51-61-31-11-2-12-32-61/h2-50,71-82,86-88H,51-60H2,1H3. The molecule has 13 rings (SSSR count). The first-order chi connectivity index (χ1) is 53.3. The highest BCUT2D eigenvalue weighted by Crippen LogP contribution is 2.38. The Balaban J connectivity index is 0.903. The summed E-state index contributed by atoms with van der Waals surface area (Å²) in [7, 11) is 1.51. The van der Waals surface area contributed by atoms with Crippen LogP contribution in [0.5, 0.6) is 0 Å². The van der Waals surface area contributed by atoms with Crippen LogP contribution in [0.4, 0.5) is 0 Å². The Kier molecular flexibility index (Phi) is 28.1. The minimum Gasteiger partial charge on any atom is -0.452 e. The van der Waals surface area contributed by atoms with E-state index >= 15 is 9.59 Å². The van der Waals surface area contributed by atoms with Crippen molar-refractivity contribution in [3.05, 3.63) is 353 Å². The van der Waals surface area contributed by atoms with Crippen molar-refractivity contribution in [3.8, 4) is 0 Å². The van der Waals surface area contributed by atoms with Crippen molar-refractivity contribution < 1.29 is 90.2 Å². The molecule has 15 unspecified atom stereocenters. The molecule has 15 atom stereocenters. The monoisotopic (exact) mass is 1460 g/mol. The van der Waals surface area contributed by atoms with Crippen LogP contribution >= 0.6 is 0 Å². The summed E-state index contributed by atoms with van der Waals surface area (Å²) in [5.74, 6) is -2.57. The van der Waals surface area contributed by atoms with Gasteiger partial charge < -0.3 is 75.8 Å². The van der Waals surface area contributed by atoms with Gasteiger partial charge in [-0.05, 0) is 81.9 Å². The molecule has 9 aromatic carbocycles. The summed E-state index contributed by atoms with van der Waals surface area (Å²) in [4.78, 5) is 49.7. The van der Waals surface area contributed by atoms with Crippen LogP contribution in [0, 0.1) is 0 Å². The van der Waals surface area contributed by atoms with E-state index in [0.717, 1.165) is 33.4 Å². The van der Waals surface area contributed by atoms with Crippen LogP contribution < -0.4 is 0 Å². The molecule has 10 aromatic rings. The van der Waals surface area contributed by atoms with Crippen molar-refractivity contribution in [2.45, 2.75) is 138 Å². The summed E-state index contributed by atoms with van der Waals surface area (Å²) in [6.07, 6.45) is -16.9. The van der Waals surface area contributed by atoms with Gasteiger partial charge in [0.1, 0.15) is 54.9 Å². The Bertz CT molecular complexity index is 4270. The molecule has 20 nitrogen and oxygen atoms in total. The van der Waals surface area contributed by atoms with Crippen LogP contribution in [-0.2, 0) is 122 Å². The minimum atomic E-state index is -1.74. The maximum absolute atomic E-state index is 15.1. The summed E-state index contributed by atoms with van der Waals surface area (Å²) in [6, 6.07) is 88.6. The Labute approximate surface area is 628 Å². The molecule has 0 N–H and O–H groups in total. The van der Waals surface area contributed by atoms with Gasteiger partial charge in [-0.3, -0.25) is 4.98 Å². The van der Waals surface area contributed by atoms with Crippen LogP contribution in [0.3, 0.4) is 0 Å². The molecule has 3 fully saturated rings. The van der Waals surface area contributed by atoms with Crippen molar-refractivity contribution in [1.82, 2.24) is 4.98 Å². The summed E-state index contributed by atoms with van der Waals surface area (Å²) >= 11 is 0. The SMILES string of the molecule is COC1OC(COC2OC(COC3OC(COCc4ccccc4)C(OCc4ccccc4)C(OCc4ccccc4)C3OCc3ccccn3)C(OC(=O)c3ccccc3)C(OC(=O)c3ccccc3)C2OC(=O)c2ccccc2)C(OCc2ccccc2)C(OCc2ccccc2)C1OCc1ccccc1. The maximum Gasteiger partial charge on any atom is 0.338 e. The second kappa shape index (κ2) is 39.7. The van der Waals surface area contributed by atoms with Crippen molar-refractivity contribution in [2.75, 3.05) is 26.9 Å². The summed E-state index contributed by atoms with van der Waals surface area (Å²) in [5, 5.41) is 0. The molecule has 0 spiro atoms. The lowest BCUT2D eigenvalue weighted by molar-refractivity contribution is -0.352. The van der Waals surface area contributed by atoms with E-state index in [4.69, 9.17) is 75.8 Å². The van der Waals surface area contributed by atoms with Crippen LogP contribution in [0.15, 0.2) is 297 Å². The Morgan fingerprint density at radius 2 is 0.574 bits per heavy atom. The van der Waals surface area contributed by atoms with Gasteiger partial charge in [-0.15, -0.1) is 0 Å². The number of carbonyl (C=O) groups excluding carboxylic acids is 3. The third kappa shape index (κ3) is 21.2. The van der Waals surface area contributed by atoms with E-state index in [9.17, 15) is 4.79 Å². The number of methoxy groups -OCH3 is 1. The zero-order valence-electron chi connectivity index (χ0n) is 59.7. The van der Waals surface area contributed by atoms with Crippen LogP contribution in [-0.4, -0.2) is 142 Å². The van der Waals surface area contributed by atoms with Gasteiger partial charge in [0.2, 0.25) is 0 Å². The van der Waals surface area contributed by atoms with Gasteiger partial charge in [0.25, 0.3) is 0 Å². The minimum absolute atomic E-state index is 0.0211. The first kappa shape index (κ1) is 76.2. The van der Waals surface area contributed by atoms with E-state index in [2.05, 4.69) is 4.98 Å². The van der Waals surface area contributed by atoms with Gasteiger partial charge in [0.15, 0.2) is 37.2 Å². The smallest absolute Gasteiger partial charge is 0.338 e. The molecule has 558 valence electrons. The average molecular weight is 1460 g/mol. The topological polar surface area (TPSA) is 212 Å². The third-order valence-corrected chi connectivity index (χ3v) is 18.6. The maximum atomic E-state index is 15.1. The zero-order valence-corrected chi connectivity index (χ0v) is 59.7. The Morgan fingerprint density at radius 1 is 0.278 bits per heavy atom. The Morgan fingerprint density at radius 3 is 0.963 bits per heavy atom. The van der Waals surface area contributed by atoms with E-state index in [1.807, 2.05) is 200 Å². The molecule has 4 heterocycles. The largest absolute Gasteiger partial charge is 0.452 e. The van der Waals surface area contributed by atoms with Crippen molar-refractivity contribution in [3.63, 3.8) is 0 Å². The van der Waals surface area contributed by atoms with Crippen molar-refractivity contribution in [1.29, 1.82) is 0 Å². The van der Waals surface area contributed by atoms with Crippen molar-refractivity contribution >= 4 is 17.9 Å². The number of hydrogen-bond acceptors (Lipinski definition) is 20.